The van der Waals surface area contributed by atoms with Crippen molar-refractivity contribution in [3.8, 4) is 6.07 Å². The molecule has 0 radical (unpaired) electrons. The van der Waals surface area contributed by atoms with E-state index in [1.165, 1.54) is 0 Å². The zero-order chi connectivity index (χ0) is 13.9. The smallest absolute Gasteiger partial charge is 0.148 e. The minimum absolute atomic E-state index is 0.525. The predicted octanol–water partition coefficient (Wildman–Crippen LogP) is 3.55. The molecule has 0 saturated heterocycles. The number of anilines is 2. The van der Waals surface area contributed by atoms with Gasteiger partial charge in [-0.25, -0.2) is 4.98 Å². The molecule has 20 heavy (non-hydrogen) atoms. The SMILES string of the molecule is Cc1ccc(C#N)c(Nc2cccc3ncccc23)n1. The maximum absolute atomic E-state index is 9.16. The van der Waals surface area contributed by atoms with E-state index >= 15 is 0 Å². The van der Waals surface area contributed by atoms with Crippen molar-refractivity contribution in [1.29, 1.82) is 5.26 Å². The summed E-state index contributed by atoms with van der Waals surface area (Å²) in [4.78, 5) is 8.71. The van der Waals surface area contributed by atoms with Crippen LogP contribution in [0.25, 0.3) is 10.9 Å². The molecule has 3 aromatic rings. The molecule has 0 unspecified atom stereocenters. The van der Waals surface area contributed by atoms with Crippen molar-refractivity contribution >= 4 is 22.4 Å². The van der Waals surface area contributed by atoms with Crippen molar-refractivity contribution in [2.45, 2.75) is 6.92 Å². The van der Waals surface area contributed by atoms with Gasteiger partial charge in [0.15, 0.2) is 0 Å². The standard InChI is InChI=1S/C16H12N4/c1-11-7-8-12(10-17)16(19-11)20-15-6-2-5-14-13(15)4-3-9-18-14/h2-9H,1H3,(H,19,20). The quantitative estimate of drug-likeness (QED) is 0.765. The summed E-state index contributed by atoms with van der Waals surface area (Å²) in [5, 5.41) is 13.4. The number of nitriles is 1. The molecule has 0 amide bonds. The number of nitrogens with zero attached hydrogens (tertiary/aromatic N) is 3. The number of hydrogen-bond acceptors (Lipinski definition) is 4. The molecule has 0 bridgehead atoms. The third-order valence-corrected chi connectivity index (χ3v) is 3.05. The van der Waals surface area contributed by atoms with Crippen LogP contribution in [0.15, 0.2) is 48.7 Å². The number of fused-ring (bicyclic) bond motifs is 1. The lowest BCUT2D eigenvalue weighted by Gasteiger charge is -2.10. The first kappa shape index (κ1) is 12.1. The third kappa shape index (κ3) is 2.17. The number of pyridine rings is 2. The minimum atomic E-state index is 0.525. The molecule has 2 aromatic heterocycles. The highest BCUT2D eigenvalue weighted by Gasteiger charge is 2.07. The number of aromatic nitrogens is 2. The highest BCUT2D eigenvalue weighted by molar-refractivity contribution is 5.93. The Bertz CT molecular complexity index is 813. The Morgan fingerprint density at radius 3 is 2.85 bits per heavy atom. The fraction of sp³-hybridized carbons (Fsp3) is 0.0625. The fourth-order valence-corrected chi connectivity index (χ4v) is 2.08. The lowest BCUT2D eigenvalue weighted by molar-refractivity contribution is 1.19. The molecule has 4 nitrogen and oxygen atoms in total. The first-order chi connectivity index (χ1) is 9.78. The van der Waals surface area contributed by atoms with Crippen molar-refractivity contribution in [2.75, 3.05) is 5.32 Å². The highest BCUT2D eigenvalue weighted by atomic mass is 15.0. The first-order valence-electron chi connectivity index (χ1n) is 6.26. The number of aryl methyl sites for hydroxylation is 1. The first-order valence-corrected chi connectivity index (χ1v) is 6.26. The van der Waals surface area contributed by atoms with Crippen LogP contribution in [0.2, 0.25) is 0 Å². The van der Waals surface area contributed by atoms with Crippen LogP contribution < -0.4 is 5.32 Å². The van der Waals surface area contributed by atoms with Gasteiger partial charge in [0.1, 0.15) is 11.9 Å². The summed E-state index contributed by atoms with van der Waals surface area (Å²) < 4.78 is 0. The Hall–Kier alpha value is -2.93. The zero-order valence-electron chi connectivity index (χ0n) is 11.0. The Morgan fingerprint density at radius 1 is 1.10 bits per heavy atom. The lowest BCUT2D eigenvalue weighted by atomic mass is 10.1. The molecule has 1 N–H and O–H groups in total. The summed E-state index contributed by atoms with van der Waals surface area (Å²) in [6.07, 6.45) is 1.76. The molecule has 0 fully saturated rings. The van der Waals surface area contributed by atoms with Gasteiger partial charge in [0.05, 0.1) is 11.1 Å². The fourth-order valence-electron chi connectivity index (χ4n) is 2.08. The Morgan fingerprint density at radius 2 is 2.00 bits per heavy atom. The van der Waals surface area contributed by atoms with E-state index in [1.54, 1.807) is 12.3 Å². The van der Waals surface area contributed by atoms with Crippen LogP contribution in [-0.2, 0) is 0 Å². The second kappa shape index (κ2) is 4.98. The molecule has 0 aliphatic heterocycles. The molecule has 3 rings (SSSR count). The summed E-state index contributed by atoms with van der Waals surface area (Å²) >= 11 is 0. The topological polar surface area (TPSA) is 61.6 Å². The molecule has 0 atom stereocenters. The molecule has 4 heteroatoms. The molecule has 96 valence electrons. The van der Waals surface area contributed by atoms with Crippen LogP contribution in [0.1, 0.15) is 11.3 Å². The van der Waals surface area contributed by atoms with Gasteiger partial charge in [0.2, 0.25) is 0 Å². The zero-order valence-corrected chi connectivity index (χ0v) is 11.0. The summed E-state index contributed by atoms with van der Waals surface area (Å²) in [6, 6.07) is 15.5. The normalized spacial score (nSPS) is 10.2. The third-order valence-electron chi connectivity index (χ3n) is 3.05. The van der Waals surface area contributed by atoms with Crippen molar-refractivity contribution in [3.63, 3.8) is 0 Å². The number of nitrogens with one attached hydrogen (secondary N) is 1. The average molecular weight is 260 g/mol. The van der Waals surface area contributed by atoms with Crippen molar-refractivity contribution in [2.24, 2.45) is 0 Å². The van der Waals surface area contributed by atoms with E-state index in [2.05, 4.69) is 21.4 Å². The van der Waals surface area contributed by atoms with Crippen LogP contribution in [0.5, 0.6) is 0 Å². The number of rotatable bonds is 2. The van der Waals surface area contributed by atoms with Crippen molar-refractivity contribution in [3.05, 3.63) is 59.9 Å². The monoisotopic (exact) mass is 260 g/mol. The summed E-state index contributed by atoms with van der Waals surface area (Å²) in [5.74, 6) is 0.573. The average Bonchev–Trinajstić information content (AvgIpc) is 2.48. The van der Waals surface area contributed by atoms with E-state index in [0.717, 1.165) is 22.3 Å². The van der Waals surface area contributed by atoms with Crippen LogP contribution in [0, 0.1) is 18.3 Å². The molecular formula is C16H12N4. The molecule has 0 spiro atoms. The predicted molar refractivity (Wildman–Crippen MR) is 78.7 cm³/mol. The number of hydrogen-bond donors (Lipinski definition) is 1. The van der Waals surface area contributed by atoms with Gasteiger partial charge in [-0.1, -0.05) is 6.07 Å². The van der Waals surface area contributed by atoms with Crippen molar-refractivity contribution < 1.29 is 0 Å². The second-order valence-corrected chi connectivity index (χ2v) is 4.46. The molecule has 0 saturated carbocycles. The van der Waals surface area contributed by atoms with E-state index in [1.807, 2.05) is 43.3 Å². The van der Waals surface area contributed by atoms with E-state index in [-0.39, 0.29) is 0 Å². The van der Waals surface area contributed by atoms with Gasteiger partial charge in [0, 0.05) is 23.0 Å². The number of benzene rings is 1. The van der Waals surface area contributed by atoms with E-state index < -0.39 is 0 Å². The highest BCUT2D eigenvalue weighted by Crippen LogP contribution is 2.25. The molecule has 1 aromatic carbocycles. The van der Waals surface area contributed by atoms with Gasteiger partial charge in [-0.15, -0.1) is 0 Å². The van der Waals surface area contributed by atoms with Gasteiger partial charge in [-0.2, -0.15) is 5.26 Å². The summed E-state index contributed by atoms with van der Waals surface area (Å²) in [6.45, 7) is 1.90. The van der Waals surface area contributed by atoms with E-state index in [4.69, 9.17) is 5.26 Å². The second-order valence-electron chi connectivity index (χ2n) is 4.46. The van der Waals surface area contributed by atoms with Gasteiger partial charge in [-0.05, 0) is 43.3 Å². The molecule has 2 heterocycles. The lowest BCUT2D eigenvalue weighted by Crippen LogP contribution is -1.99. The van der Waals surface area contributed by atoms with Crippen molar-refractivity contribution in [1.82, 2.24) is 9.97 Å². The van der Waals surface area contributed by atoms with Crippen LogP contribution in [-0.4, -0.2) is 9.97 Å². The largest absolute Gasteiger partial charge is 0.339 e. The molecule has 0 aliphatic rings. The summed E-state index contributed by atoms with van der Waals surface area (Å²) in [7, 11) is 0. The van der Waals surface area contributed by atoms with E-state index in [0.29, 0.717) is 11.4 Å². The molecule has 0 aliphatic carbocycles. The maximum Gasteiger partial charge on any atom is 0.148 e. The Kier molecular flexibility index (Phi) is 3.02. The van der Waals surface area contributed by atoms with Gasteiger partial charge < -0.3 is 5.32 Å². The van der Waals surface area contributed by atoms with Crippen LogP contribution in [0.4, 0.5) is 11.5 Å². The van der Waals surface area contributed by atoms with Gasteiger partial charge in [0.25, 0.3) is 0 Å². The van der Waals surface area contributed by atoms with Gasteiger partial charge >= 0.3 is 0 Å². The Balaban J connectivity index is 2.10. The van der Waals surface area contributed by atoms with E-state index in [9.17, 15) is 0 Å². The minimum Gasteiger partial charge on any atom is -0.339 e. The Labute approximate surface area is 116 Å². The van der Waals surface area contributed by atoms with Crippen LogP contribution in [0.3, 0.4) is 0 Å². The molecular weight excluding hydrogens is 248 g/mol. The maximum atomic E-state index is 9.16. The van der Waals surface area contributed by atoms with Crippen LogP contribution >= 0.6 is 0 Å². The van der Waals surface area contributed by atoms with Gasteiger partial charge in [-0.3, -0.25) is 4.98 Å². The summed E-state index contributed by atoms with van der Waals surface area (Å²) in [5.41, 5.74) is 3.19.